The molecule has 8 heterocycles. The minimum atomic E-state index is -1.77. The second-order valence-corrected chi connectivity index (χ2v) is 37.4. The van der Waals surface area contributed by atoms with Gasteiger partial charge in [0.15, 0.2) is 23.5 Å². The number of aliphatic hydroxyl groups is 2. The van der Waals surface area contributed by atoms with Gasteiger partial charge < -0.3 is 48.1 Å². The summed E-state index contributed by atoms with van der Waals surface area (Å²) in [5.74, 6) is 0. The summed E-state index contributed by atoms with van der Waals surface area (Å²) in [7, 11) is -4.27. The second-order valence-electron chi connectivity index (χ2n) is 21.7. The maximum Gasteiger partial charge on any atom is 0.301 e. The Morgan fingerprint density at radius 3 is 1.46 bits per heavy atom. The molecule has 74 heavy (non-hydrogen) atoms. The highest BCUT2D eigenvalue weighted by atomic mass is 79.9. The number of halogens is 3. The van der Waals surface area contributed by atoms with E-state index in [1.165, 1.54) is 0 Å². The van der Waals surface area contributed by atoms with Crippen molar-refractivity contribution >= 4 is 92.9 Å². The van der Waals surface area contributed by atoms with E-state index in [1.807, 2.05) is 70.2 Å². The molecule has 2 aromatic carbocycles. The van der Waals surface area contributed by atoms with E-state index >= 15 is 0 Å². The van der Waals surface area contributed by atoms with Gasteiger partial charge in [0.25, 0.3) is 0 Å². The number of ether oxygens (including phenoxy) is 8. The SMILES string of the molecule is C[Si](C)(C)CCOCn1c(O[C@@H]2CO[C@H]3[C@@H]2OC[C@H]3O)nc2cc(Cl)c(-c3ccc(Br)cc3)nc21.C[Si](C)(C)CCOCn1c(O[C@@H]2CO[C@H]3[C@@H]2OC[C@H]3O)nc2cc(Cl)c(-c3ccc(N=S(C)(C)=N)cc3)nc21. The minimum Gasteiger partial charge on any atom is -0.456 e. The number of nitrogens with one attached hydrogen (secondary N) is 1. The van der Waals surface area contributed by atoms with E-state index in [1.54, 1.807) is 12.1 Å². The highest BCUT2D eigenvalue weighted by molar-refractivity contribution is 9.10. The molecule has 4 saturated heterocycles. The largest absolute Gasteiger partial charge is 0.456 e. The molecular weight excluding hydrogens is 1110 g/mol. The molecule has 0 radical (unpaired) electrons. The van der Waals surface area contributed by atoms with Crippen LogP contribution in [0.25, 0.3) is 44.8 Å². The summed E-state index contributed by atoms with van der Waals surface area (Å²) in [6.45, 7) is 16.7. The van der Waals surface area contributed by atoms with Gasteiger partial charge in [-0.25, -0.2) is 14.3 Å². The number of rotatable bonds is 17. The Morgan fingerprint density at radius 2 is 1.05 bits per heavy atom. The molecule has 6 aromatic rings. The summed E-state index contributed by atoms with van der Waals surface area (Å²) in [4.78, 5) is 19.2. The molecule has 4 aliphatic rings. The Labute approximate surface area is 452 Å². The molecule has 8 atom stereocenters. The Bertz CT molecular complexity index is 3070. The van der Waals surface area contributed by atoms with Crippen LogP contribution in [0.2, 0.25) is 61.4 Å². The number of pyridine rings is 2. The Kier molecular flexibility index (Phi) is 17.0. The van der Waals surface area contributed by atoms with Crippen molar-refractivity contribution in [3.8, 4) is 34.5 Å². The van der Waals surface area contributed by atoms with Crippen molar-refractivity contribution < 1.29 is 48.1 Å². The molecule has 0 saturated carbocycles. The molecule has 400 valence electrons. The van der Waals surface area contributed by atoms with Gasteiger partial charge in [0, 0.05) is 57.5 Å². The predicted molar refractivity (Wildman–Crippen MR) is 296 cm³/mol. The van der Waals surface area contributed by atoms with Crippen LogP contribution in [0, 0.1) is 4.78 Å². The average Bonchev–Trinajstić information content (AvgIpc) is 4.19. The molecule has 0 bridgehead atoms. The number of fused-ring (bicyclic) bond motifs is 4. The van der Waals surface area contributed by atoms with Gasteiger partial charge in [-0.2, -0.15) is 9.97 Å². The second kappa shape index (κ2) is 22.8. The number of aromatic nitrogens is 6. The molecule has 24 heteroatoms. The van der Waals surface area contributed by atoms with Crippen molar-refractivity contribution in [3.05, 3.63) is 75.2 Å². The fraction of sp³-hybridized carbons (Fsp3) is 0.520. The molecule has 3 N–H and O–H groups in total. The summed E-state index contributed by atoms with van der Waals surface area (Å²) in [6, 6.07) is 21.8. The minimum absolute atomic E-state index is 0.217. The lowest BCUT2D eigenvalue weighted by atomic mass is 10.1. The third-order valence-corrected chi connectivity index (χ3v) is 18.0. The first-order chi connectivity index (χ1) is 35.1. The zero-order valence-corrected chi connectivity index (χ0v) is 48.7. The number of imidazole rings is 2. The van der Waals surface area contributed by atoms with Crippen LogP contribution in [0.15, 0.2) is 69.5 Å². The molecule has 0 aliphatic carbocycles. The Morgan fingerprint density at radius 1 is 0.649 bits per heavy atom. The van der Waals surface area contributed by atoms with Crippen molar-refractivity contribution in [2.45, 2.75) is 114 Å². The molecule has 18 nitrogen and oxygen atoms in total. The summed E-state index contributed by atoms with van der Waals surface area (Å²) in [6.07, 6.45) is 0.00914. The summed E-state index contributed by atoms with van der Waals surface area (Å²) < 4.78 is 64.8. The van der Waals surface area contributed by atoms with Gasteiger partial charge in [-0.15, -0.1) is 0 Å². The maximum absolute atomic E-state index is 10.1. The fourth-order valence-electron chi connectivity index (χ4n) is 8.81. The van der Waals surface area contributed by atoms with Crippen molar-refractivity contribution in [2.75, 3.05) is 52.2 Å². The van der Waals surface area contributed by atoms with Gasteiger partial charge in [-0.3, -0.25) is 13.9 Å². The van der Waals surface area contributed by atoms with Crippen molar-refractivity contribution in [1.29, 1.82) is 4.78 Å². The molecule has 4 aliphatic heterocycles. The van der Waals surface area contributed by atoms with E-state index in [4.69, 9.17) is 80.8 Å². The van der Waals surface area contributed by atoms with Gasteiger partial charge in [0.05, 0.1) is 53.5 Å². The molecule has 0 amide bonds. The number of benzene rings is 2. The number of aliphatic hydroxyl groups excluding tert-OH is 2. The number of hydrogen-bond acceptors (Lipinski definition) is 16. The van der Waals surface area contributed by atoms with Crippen LogP contribution in [0.5, 0.6) is 12.0 Å². The van der Waals surface area contributed by atoms with Crippen molar-refractivity contribution in [1.82, 2.24) is 29.1 Å². The van der Waals surface area contributed by atoms with Crippen molar-refractivity contribution in [3.63, 3.8) is 0 Å². The normalized spacial score (nSPS) is 23.8. The quantitative estimate of drug-likeness (QED) is 0.0573. The van der Waals surface area contributed by atoms with Crippen LogP contribution < -0.4 is 9.47 Å². The number of hydrogen-bond donors (Lipinski definition) is 3. The maximum atomic E-state index is 10.1. The lowest BCUT2D eigenvalue weighted by Crippen LogP contribution is -2.35. The van der Waals surface area contributed by atoms with E-state index in [0.29, 0.717) is 82.2 Å². The van der Waals surface area contributed by atoms with Crippen molar-refractivity contribution in [2.24, 2.45) is 4.36 Å². The number of nitrogens with zero attached hydrogens (tertiary/aromatic N) is 7. The summed E-state index contributed by atoms with van der Waals surface area (Å²) in [5.41, 5.74) is 6.15. The average molecular weight is 1180 g/mol. The topological polar surface area (TPSA) is 212 Å². The van der Waals surface area contributed by atoms with Gasteiger partial charge >= 0.3 is 12.0 Å². The third kappa shape index (κ3) is 13.2. The zero-order valence-electron chi connectivity index (χ0n) is 42.8. The van der Waals surface area contributed by atoms with Crippen LogP contribution in [0.3, 0.4) is 0 Å². The summed E-state index contributed by atoms with van der Waals surface area (Å²) >= 11 is 16.8. The molecule has 10 rings (SSSR count). The van der Waals surface area contributed by atoms with Gasteiger partial charge in [0.1, 0.15) is 61.1 Å². The smallest absolute Gasteiger partial charge is 0.301 e. The Hall–Kier alpha value is -3.60. The van der Waals surface area contributed by atoms with E-state index < -0.39 is 56.3 Å². The van der Waals surface area contributed by atoms with Gasteiger partial charge in [-0.05, 0) is 48.5 Å². The highest BCUT2D eigenvalue weighted by Gasteiger charge is 2.50. The molecule has 0 spiro atoms. The lowest BCUT2D eigenvalue weighted by molar-refractivity contribution is 0.00332. The van der Waals surface area contributed by atoms with E-state index in [-0.39, 0.29) is 45.0 Å². The fourth-order valence-corrected chi connectivity index (χ4v) is 11.7. The van der Waals surface area contributed by atoms with Crippen LogP contribution >= 0.6 is 39.1 Å². The van der Waals surface area contributed by atoms with Crippen LogP contribution in [-0.4, -0.2) is 156 Å². The first kappa shape index (κ1) is 55.2. The van der Waals surface area contributed by atoms with Gasteiger partial charge in [-0.1, -0.05) is 112 Å². The van der Waals surface area contributed by atoms with E-state index in [9.17, 15) is 10.2 Å². The monoisotopic (exact) mass is 1170 g/mol. The molecule has 4 fully saturated rings. The lowest BCUT2D eigenvalue weighted by Gasteiger charge is -2.19. The van der Waals surface area contributed by atoms with E-state index in [0.717, 1.165) is 33.4 Å². The Balaban J connectivity index is 0.000000183. The van der Waals surface area contributed by atoms with Crippen LogP contribution in [-0.2, 0) is 51.5 Å². The highest BCUT2D eigenvalue weighted by Crippen LogP contribution is 2.37. The van der Waals surface area contributed by atoms with Gasteiger partial charge in [0.2, 0.25) is 0 Å². The first-order valence-corrected chi connectivity index (χ1v) is 36.0. The van der Waals surface area contributed by atoms with Crippen LogP contribution in [0.1, 0.15) is 0 Å². The molecular formula is C50H65BrCl2N8O10SSi2. The zero-order chi connectivity index (χ0) is 52.7. The molecule has 0 unspecified atom stereocenters. The standard InChI is InChI=1S/C26H36ClN5O5SSi.C24H29BrClN3O5Si/c1-38(2,28)31-17-8-6-16(7-9-17)22-18(27)12-19-25(30-22)32(15-34-10-11-39(3,4)5)26(29-19)37-21-14-36-23-20(33)13-35-24(21)23;1-35(2,3)9-8-31-13-29-23-17(10-16(26)20(28-23)14-4-6-15(25)7-5-14)27-24(29)34-19-12-33-21-18(30)11-32-22(19)21/h6-9,12,20-21,23-24,28,33H,10-11,13-15H2,1-5H3;4-7,10,18-19,21-22,30H,8-9,11-13H2,1-3H3/t20-,21-,23-,24-;18-,19-,21-,22-/m11/s1. The van der Waals surface area contributed by atoms with Crippen LogP contribution in [0.4, 0.5) is 5.69 Å². The summed E-state index contributed by atoms with van der Waals surface area (Å²) in [5, 5.41) is 21.2. The predicted octanol–water partition coefficient (Wildman–Crippen LogP) is 9.69. The third-order valence-electron chi connectivity index (χ3n) is 12.8. The first-order valence-electron chi connectivity index (χ1n) is 24.6. The molecule has 4 aromatic heterocycles. The van der Waals surface area contributed by atoms with E-state index in [2.05, 4.69) is 64.6 Å².